The molecule has 0 aliphatic heterocycles. The Kier molecular flexibility index (Phi) is 5.98. The third-order valence-corrected chi connectivity index (χ3v) is 7.83. The van der Waals surface area contributed by atoms with Gasteiger partial charge in [0.15, 0.2) is 5.84 Å². The number of hydrogen-bond donors (Lipinski definition) is 0. The van der Waals surface area contributed by atoms with Crippen molar-refractivity contribution >= 4 is 39.2 Å². The number of aliphatic imine (C=N–C) groups is 2. The number of fused-ring (bicyclic) bond motifs is 7. The minimum Gasteiger partial charge on any atom is -0.294 e. The predicted octanol–water partition coefficient (Wildman–Crippen LogP) is 9.14. The summed E-state index contributed by atoms with van der Waals surface area (Å²) in [6.07, 6.45) is 3.03. The highest BCUT2D eigenvalue weighted by Crippen LogP contribution is 2.44. The van der Waals surface area contributed by atoms with Crippen molar-refractivity contribution in [3.63, 3.8) is 0 Å². The Morgan fingerprint density at radius 3 is 2.10 bits per heavy atom. The van der Waals surface area contributed by atoms with Gasteiger partial charge >= 0.3 is 0 Å². The predicted molar refractivity (Wildman–Crippen MR) is 169 cm³/mol. The van der Waals surface area contributed by atoms with E-state index >= 15 is 0 Å². The van der Waals surface area contributed by atoms with E-state index in [2.05, 4.69) is 102 Å². The van der Waals surface area contributed by atoms with Gasteiger partial charge in [-0.3, -0.25) is 4.57 Å². The lowest BCUT2D eigenvalue weighted by molar-refractivity contribution is 1.16. The lowest BCUT2D eigenvalue weighted by atomic mass is 10.0. The van der Waals surface area contributed by atoms with Gasteiger partial charge in [-0.15, -0.1) is 0 Å². The van der Waals surface area contributed by atoms with Gasteiger partial charge in [0.05, 0.1) is 11.0 Å². The van der Waals surface area contributed by atoms with E-state index in [-0.39, 0.29) is 0 Å². The molecule has 0 atom stereocenters. The Bertz CT molecular complexity index is 1970. The second-order valence-corrected chi connectivity index (χ2v) is 10.2. The molecule has 192 valence electrons. The highest BCUT2D eigenvalue weighted by Gasteiger charge is 2.24. The van der Waals surface area contributed by atoms with Crippen LogP contribution in [-0.2, 0) is 6.42 Å². The van der Waals surface area contributed by atoms with Crippen molar-refractivity contribution in [1.82, 2.24) is 4.57 Å². The number of benzene rings is 5. The van der Waals surface area contributed by atoms with Crippen LogP contribution in [0.25, 0.3) is 38.8 Å². The molecule has 0 bridgehead atoms. The molecular formula is C37H29N3. The summed E-state index contributed by atoms with van der Waals surface area (Å²) in [5, 5.41) is 2.56. The lowest BCUT2D eigenvalue weighted by Crippen LogP contribution is -2.06. The number of hydrogen-bond acceptors (Lipinski definition) is 1. The molecule has 0 N–H and O–H groups in total. The number of para-hydroxylation sites is 1. The van der Waals surface area contributed by atoms with Gasteiger partial charge in [0, 0.05) is 22.0 Å². The van der Waals surface area contributed by atoms with E-state index in [4.69, 9.17) is 9.98 Å². The third kappa shape index (κ3) is 3.99. The number of rotatable bonds is 4. The fourth-order valence-corrected chi connectivity index (χ4v) is 5.94. The first-order valence-electron chi connectivity index (χ1n) is 13.8. The van der Waals surface area contributed by atoms with E-state index in [1.165, 1.54) is 38.5 Å². The summed E-state index contributed by atoms with van der Waals surface area (Å²) < 4.78 is 2.30. The van der Waals surface area contributed by atoms with Crippen LogP contribution in [0.4, 0.5) is 0 Å². The SMILES string of the molecule is C/C=C(/N=C(\N=C(C)c1ccccc1)c1ccccc1)n1c2ccccc2c2c3c(ccc21)-c1ccccc1C3. The van der Waals surface area contributed by atoms with Crippen molar-refractivity contribution in [3.05, 3.63) is 150 Å². The molecule has 6 aromatic rings. The van der Waals surface area contributed by atoms with Gasteiger partial charge in [0.1, 0.15) is 5.82 Å². The molecule has 0 fully saturated rings. The van der Waals surface area contributed by atoms with Gasteiger partial charge in [-0.1, -0.05) is 109 Å². The summed E-state index contributed by atoms with van der Waals surface area (Å²) in [5.74, 6) is 1.54. The van der Waals surface area contributed by atoms with Gasteiger partial charge in [-0.25, -0.2) is 9.98 Å². The highest BCUT2D eigenvalue weighted by atomic mass is 15.1. The highest BCUT2D eigenvalue weighted by molar-refractivity contribution is 6.16. The van der Waals surface area contributed by atoms with Gasteiger partial charge in [-0.2, -0.15) is 0 Å². The number of allylic oxidation sites excluding steroid dienone is 1. The zero-order valence-electron chi connectivity index (χ0n) is 22.7. The summed E-state index contributed by atoms with van der Waals surface area (Å²) >= 11 is 0. The van der Waals surface area contributed by atoms with Crippen molar-refractivity contribution in [1.29, 1.82) is 0 Å². The molecule has 3 heteroatoms. The Morgan fingerprint density at radius 1 is 0.650 bits per heavy atom. The maximum absolute atomic E-state index is 5.26. The van der Waals surface area contributed by atoms with Crippen LogP contribution in [0.3, 0.4) is 0 Å². The average Bonchev–Trinajstić information content (AvgIpc) is 3.56. The summed E-state index contributed by atoms with van der Waals surface area (Å²) in [6, 6.07) is 42.5. The molecule has 0 unspecified atom stereocenters. The van der Waals surface area contributed by atoms with E-state index < -0.39 is 0 Å². The van der Waals surface area contributed by atoms with Gasteiger partial charge in [0.25, 0.3) is 0 Å². The van der Waals surface area contributed by atoms with Crippen molar-refractivity contribution in [2.45, 2.75) is 20.3 Å². The molecule has 40 heavy (non-hydrogen) atoms. The van der Waals surface area contributed by atoms with E-state index in [1.807, 2.05) is 43.3 Å². The second-order valence-electron chi connectivity index (χ2n) is 10.2. The molecule has 0 saturated heterocycles. The summed E-state index contributed by atoms with van der Waals surface area (Å²) in [4.78, 5) is 10.3. The first-order chi connectivity index (χ1) is 19.7. The van der Waals surface area contributed by atoms with E-state index in [0.717, 1.165) is 34.6 Å². The Morgan fingerprint density at radius 2 is 1.32 bits per heavy atom. The van der Waals surface area contributed by atoms with Crippen molar-refractivity contribution in [2.24, 2.45) is 9.98 Å². The van der Waals surface area contributed by atoms with Gasteiger partial charge in [-0.05, 0) is 66.3 Å². The molecule has 0 radical (unpaired) electrons. The minimum absolute atomic E-state index is 0.689. The molecule has 0 amide bonds. The van der Waals surface area contributed by atoms with Gasteiger partial charge in [0.2, 0.25) is 0 Å². The minimum atomic E-state index is 0.689. The monoisotopic (exact) mass is 515 g/mol. The molecule has 3 nitrogen and oxygen atoms in total. The first-order valence-corrected chi connectivity index (χ1v) is 13.8. The topological polar surface area (TPSA) is 29.6 Å². The standard InChI is InChI=1S/C37H29N3/c1-3-35(39-37(27-16-8-5-9-17-27)38-25(2)26-14-6-4-7-15-26)40-33-21-13-12-20-31(33)36-32-24-28-18-10-11-19-29(28)30(32)22-23-34(36)40/h3-23H,24H2,1-2H3/b35-3-,38-25?,39-37-. The molecular weight excluding hydrogens is 486 g/mol. The number of amidine groups is 1. The van der Waals surface area contributed by atoms with Crippen LogP contribution in [-0.4, -0.2) is 16.1 Å². The maximum atomic E-state index is 5.26. The molecule has 0 spiro atoms. The smallest absolute Gasteiger partial charge is 0.161 e. The van der Waals surface area contributed by atoms with E-state index in [0.29, 0.717) is 5.84 Å². The Hall–Kier alpha value is -5.02. The Balaban J connectivity index is 1.45. The fourth-order valence-electron chi connectivity index (χ4n) is 5.94. The molecule has 1 heterocycles. The normalized spacial score (nSPS) is 13.6. The largest absolute Gasteiger partial charge is 0.294 e. The third-order valence-electron chi connectivity index (χ3n) is 7.83. The molecule has 7 rings (SSSR count). The number of aromatic nitrogens is 1. The van der Waals surface area contributed by atoms with Crippen LogP contribution >= 0.6 is 0 Å². The van der Waals surface area contributed by atoms with Crippen LogP contribution in [0.5, 0.6) is 0 Å². The molecule has 1 aliphatic rings. The molecule has 1 aliphatic carbocycles. The maximum Gasteiger partial charge on any atom is 0.161 e. The Labute approximate surface area is 234 Å². The summed E-state index contributed by atoms with van der Waals surface area (Å²) in [7, 11) is 0. The molecule has 5 aromatic carbocycles. The van der Waals surface area contributed by atoms with E-state index in [9.17, 15) is 0 Å². The van der Waals surface area contributed by atoms with Crippen LogP contribution in [0.15, 0.2) is 137 Å². The van der Waals surface area contributed by atoms with Gasteiger partial charge < -0.3 is 0 Å². The van der Waals surface area contributed by atoms with Crippen molar-refractivity contribution in [2.75, 3.05) is 0 Å². The van der Waals surface area contributed by atoms with Crippen molar-refractivity contribution < 1.29 is 0 Å². The van der Waals surface area contributed by atoms with Crippen LogP contribution in [0.1, 0.15) is 36.1 Å². The second kappa shape index (κ2) is 9.94. The lowest BCUT2D eigenvalue weighted by Gasteiger charge is -2.11. The summed E-state index contributed by atoms with van der Waals surface area (Å²) in [5.41, 5.74) is 10.8. The zero-order chi connectivity index (χ0) is 27.1. The molecule has 0 saturated carbocycles. The van der Waals surface area contributed by atoms with Crippen molar-refractivity contribution in [3.8, 4) is 11.1 Å². The first kappa shape index (κ1) is 24.1. The number of nitrogens with zero attached hydrogens (tertiary/aromatic N) is 3. The zero-order valence-corrected chi connectivity index (χ0v) is 22.7. The summed E-state index contributed by atoms with van der Waals surface area (Å²) in [6.45, 7) is 4.10. The quantitative estimate of drug-likeness (QED) is 0.165. The van der Waals surface area contributed by atoms with Crippen LogP contribution < -0.4 is 0 Å². The average molecular weight is 516 g/mol. The molecule has 1 aromatic heterocycles. The van der Waals surface area contributed by atoms with Crippen LogP contribution in [0, 0.1) is 0 Å². The van der Waals surface area contributed by atoms with E-state index in [1.54, 1.807) is 0 Å². The fraction of sp³-hybridized carbons (Fsp3) is 0.0811. The van der Waals surface area contributed by atoms with Crippen LogP contribution in [0.2, 0.25) is 0 Å².